The summed E-state index contributed by atoms with van der Waals surface area (Å²) in [6.07, 6.45) is 23.6. The number of hydrogen-bond acceptors (Lipinski definition) is 5. The maximum atomic E-state index is 12.1. The maximum absolute atomic E-state index is 12.1. The third-order valence-corrected chi connectivity index (χ3v) is 7.30. The summed E-state index contributed by atoms with van der Waals surface area (Å²) in [6.45, 7) is 4.42. The Bertz CT molecular complexity index is 986. The summed E-state index contributed by atoms with van der Waals surface area (Å²) in [5.41, 5.74) is 0. The van der Waals surface area contributed by atoms with Gasteiger partial charge in [-0.25, -0.2) is 0 Å². The minimum Gasteiger partial charge on any atom is -0.461 e. The Morgan fingerprint density at radius 1 is 0.545 bits per heavy atom. The number of carbonyl (C=O) groups excluding carboxylic acids is 2. The van der Waals surface area contributed by atoms with Crippen LogP contribution in [0.3, 0.4) is 0 Å². The van der Waals surface area contributed by atoms with E-state index in [4.69, 9.17) is 21.7 Å². The van der Waals surface area contributed by atoms with Gasteiger partial charge in [-0.1, -0.05) is 127 Å². The molecule has 0 rings (SSSR count). The van der Waals surface area contributed by atoms with Crippen LogP contribution in [0.2, 0.25) is 0 Å². The smallest absolute Gasteiger partial charge is 0.306 e. The molecule has 244 valence electrons. The van der Waals surface area contributed by atoms with Crippen LogP contribution in [0.4, 0.5) is 0 Å². The highest BCUT2D eigenvalue weighted by atomic mass is 32.1. The Balaban J connectivity index is 3.73. The van der Waals surface area contributed by atoms with E-state index in [1.165, 1.54) is 69.6 Å². The first-order valence-electron chi connectivity index (χ1n) is 17.4. The van der Waals surface area contributed by atoms with Crippen LogP contribution in [0.25, 0.3) is 0 Å². The Morgan fingerprint density at radius 2 is 0.909 bits per heavy atom. The first-order valence-corrected chi connectivity index (χ1v) is 17.8. The zero-order valence-corrected chi connectivity index (χ0v) is 28.7. The fraction of sp³-hybridized carbons (Fsp3) is 0.718. The van der Waals surface area contributed by atoms with Gasteiger partial charge in [0.2, 0.25) is 0 Å². The SMILES string of the molecule is CCCCCCCC#CC#CCCCCCCC(=O)OCC(C=S)OC(=O)CCCCCCC#CC#CCCCCCCC. The van der Waals surface area contributed by atoms with Crippen LogP contribution in [0.1, 0.15) is 168 Å². The van der Waals surface area contributed by atoms with E-state index in [0.717, 1.165) is 77.0 Å². The van der Waals surface area contributed by atoms with Crippen molar-refractivity contribution in [2.45, 2.75) is 174 Å². The molecular formula is C39H58O4S. The lowest BCUT2D eigenvalue weighted by atomic mass is 10.1. The van der Waals surface area contributed by atoms with Gasteiger partial charge in [0.1, 0.15) is 6.61 Å². The minimum absolute atomic E-state index is 0.0240. The number of rotatable bonds is 26. The van der Waals surface area contributed by atoms with Gasteiger partial charge in [0.15, 0.2) is 6.10 Å². The topological polar surface area (TPSA) is 52.6 Å². The van der Waals surface area contributed by atoms with Crippen molar-refractivity contribution in [1.29, 1.82) is 0 Å². The van der Waals surface area contributed by atoms with E-state index < -0.39 is 6.10 Å². The average molecular weight is 623 g/mol. The van der Waals surface area contributed by atoms with E-state index in [1.807, 2.05) is 0 Å². The molecule has 0 aliphatic carbocycles. The lowest BCUT2D eigenvalue weighted by molar-refractivity contribution is -0.155. The van der Waals surface area contributed by atoms with E-state index >= 15 is 0 Å². The van der Waals surface area contributed by atoms with E-state index in [-0.39, 0.29) is 18.5 Å². The second-order valence-corrected chi connectivity index (χ2v) is 11.5. The van der Waals surface area contributed by atoms with Gasteiger partial charge in [-0.3, -0.25) is 9.59 Å². The molecule has 0 aliphatic rings. The largest absolute Gasteiger partial charge is 0.461 e. The zero-order valence-electron chi connectivity index (χ0n) is 27.9. The molecule has 0 saturated carbocycles. The molecule has 0 saturated heterocycles. The summed E-state index contributed by atoms with van der Waals surface area (Å²) in [6, 6.07) is 0. The van der Waals surface area contributed by atoms with Crippen molar-refractivity contribution >= 4 is 29.5 Å². The molecule has 0 aromatic rings. The molecule has 4 nitrogen and oxygen atoms in total. The van der Waals surface area contributed by atoms with E-state index in [0.29, 0.717) is 12.8 Å². The lowest BCUT2D eigenvalue weighted by Gasteiger charge is -2.13. The molecule has 1 unspecified atom stereocenters. The molecule has 0 aromatic heterocycles. The molecule has 5 heteroatoms. The predicted molar refractivity (Wildman–Crippen MR) is 188 cm³/mol. The third-order valence-electron chi connectivity index (χ3n) is 7.00. The number of unbranched alkanes of at least 4 members (excludes halogenated alkanes) is 18. The fourth-order valence-electron chi connectivity index (χ4n) is 4.31. The Kier molecular flexibility index (Phi) is 32.6. The highest BCUT2D eigenvalue weighted by Crippen LogP contribution is 2.09. The van der Waals surface area contributed by atoms with Gasteiger partial charge in [0, 0.05) is 43.9 Å². The minimum atomic E-state index is -0.683. The van der Waals surface area contributed by atoms with E-state index in [9.17, 15) is 9.59 Å². The third kappa shape index (κ3) is 32.2. The average Bonchev–Trinajstić information content (AvgIpc) is 3.02. The van der Waals surface area contributed by atoms with Gasteiger partial charge < -0.3 is 9.47 Å². The molecule has 44 heavy (non-hydrogen) atoms. The quantitative estimate of drug-likeness (QED) is 0.0416. The van der Waals surface area contributed by atoms with Gasteiger partial charge >= 0.3 is 11.9 Å². The first-order chi connectivity index (χ1) is 21.6. The highest BCUT2D eigenvalue weighted by Gasteiger charge is 2.14. The van der Waals surface area contributed by atoms with Gasteiger partial charge in [-0.2, -0.15) is 0 Å². The highest BCUT2D eigenvalue weighted by molar-refractivity contribution is 7.79. The maximum Gasteiger partial charge on any atom is 0.306 e. The van der Waals surface area contributed by atoms with Crippen LogP contribution < -0.4 is 0 Å². The summed E-state index contributed by atoms with van der Waals surface area (Å²) < 4.78 is 10.6. The standard InChI is InChI=1S/C39H58O4S/c1-3-5-7-9-11-13-15-17-19-21-23-25-27-29-31-33-38(40)42-35-37(36-44)43-39(41)34-32-30-28-26-24-22-20-18-16-14-12-10-8-6-4-2/h36-37H,3-14,23-35H2,1-2H3. The van der Waals surface area contributed by atoms with Crippen LogP contribution in [0.5, 0.6) is 0 Å². The van der Waals surface area contributed by atoms with Crippen molar-refractivity contribution in [3.63, 3.8) is 0 Å². The molecule has 0 fully saturated rings. The van der Waals surface area contributed by atoms with Crippen LogP contribution in [-0.4, -0.2) is 30.0 Å². The second-order valence-electron chi connectivity index (χ2n) is 11.2. The molecule has 0 radical (unpaired) electrons. The summed E-state index contributed by atoms with van der Waals surface area (Å²) in [5.74, 6) is 23.6. The van der Waals surface area contributed by atoms with Gasteiger partial charge in [-0.05, 0) is 62.2 Å². The Labute approximate surface area is 276 Å². The monoisotopic (exact) mass is 622 g/mol. The van der Waals surface area contributed by atoms with E-state index in [1.54, 1.807) is 0 Å². The summed E-state index contributed by atoms with van der Waals surface area (Å²) in [4.78, 5) is 24.2. The molecule has 0 N–H and O–H groups in total. The summed E-state index contributed by atoms with van der Waals surface area (Å²) >= 11 is 4.96. The van der Waals surface area contributed by atoms with E-state index in [2.05, 4.69) is 61.2 Å². The zero-order chi connectivity index (χ0) is 32.2. The molecule has 0 spiro atoms. The summed E-state index contributed by atoms with van der Waals surface area (Å²) in [7, 11) is 0. The molecule has 0 heterocycles. The molecule has 1 atom stereocenters. The van der Waals surface area contributed by atoms with Gasteiger partial charge in [-0.15, -0.1) is 0 Å². The van der Waals surface area contributed by atoms with Crippen LogP contribution in [0.15, 0.2) is 0 Å². The Morgan fingerprint density at radius 3 is 1.30 bits per heavy atom. The number of carbonyl (C=O) groups is 2. The van der Waals surface area contributed by atoms with Gasteiger partial charge in [0.05, 0.1) is 0 Å². The second kappa shape index (κ2) is 34.8. The fourth-order valence-corrected chi connectivity index (χ4v) is 4.44. The van der Waals surface area contributed by atoms with Crippen LogP contribution in [0, 0.1) is 47.4 Å². The predicted octanol–water partition coefficient (Wildman–Crippen LogP) is 9.86. The lowest BCUT2D eigenvalue weighted by Crippen LogP contribution is -2.25. The van der Waals surface area contributed by atoms with Gasteiger partial charge in [0.25, 0.3) is 0 Å². The number of ether oxygens (including phenoxy) is 2. The molecular weight excluding hydrogens is 564 g/mol. The van der Waals surface area contributed by atoms with Crippen molar-refractivity contribution in [3.05, 3.63) is 0 Å². The van der Waals surface area contributed by atoms with Crippen molar-refractivity contribution in [3.8, 4) is 47.4 Å². The normalized spacial score (nSPS) is 10.4. The number of esters is 2. The van der Waals surface area contributed by atoms with Crippen molar-refractivity contribution < 1.29 is 19.1 Å². The molecule has 0 aliphatic heterocycles. The Hall–Kier alpha value is -2.73. The van der Waals surface area contributed by atoms with Crippen LogP contribution >= 0.6 is 12.2 Å². The van der Waals surface area contributed by atoms with Crippen molar-refractivity contribution in [2.24, 2.45) is 0 Å². The van der Waals surface area contributed by atoms with Crippen LogP contribution in [-0.2, 0) is 19.1 Å². The summed E-state index contributed by atoms with van der Waals surface area (Å²) in [5, 5.41) is 1.35. The first kappa shape index (κ1) is 41.3. The molecule has 0 aromatic carbocycles. The molecule has 0 bridgehead atoms. The number of hydrogen-bond donors (Lipinski definition) is 0. The number of thiocarbonyl (C=S) groups is 1. The molecule has 0 amide bonds. The van der Waals surface area contributed by atoms with Crippen molar-refractivity contribution in [1.82, 2.24) is 0 Å². The van der Waals surface area contributed by atoms with Crippen molar-refractivity contribution in [2.75, 3.05) is 6.61 Å².